The first-order chi connectivity index (χ1) is 14.2. The Balaban J connectivity index is 1.57. The first-order valence-corrected chi connectivity index (χ1v) is 9.42. The number of methoxy groups -OCH3 is 1. The van der Waals surface area contributed by atoms with Crippen molar-refractivity contribution in [1.29, 1.82) is 0 Å². The van der Waals surface area contributed by atoms with Crippen LogP contribution in [0.1, 0.15) is 22.3 Å². The van der Waals surface area contributed by atoms with Crippen LogP contribution in [0, 0.1) is 12.7 Å². The number of anilines is 1. The van der Waals surface area contributed by atoms with Crippen LogP contribution in [0.25, 0.3) is 5.57 Å². The van der Waals surface area contributed by atoms with Gasteiger partial charge in [-0.05, 0) is 53.5 Å². The summed E-state index contributed by atoms with van der Waals surface area (Å²) in [6.07, 6.45) is 7.75. The van der Waals surface area contributed by atoms with E-state index in [9.17, 15) is 4.39 Å². The molecule has 0 aliphatic carbocycles. The molecule has 0 amide bonds. The lowest BCUT2D eigenvalue weighted by molar-refractivity contribution is 0.281. The van der Waals surface area contributed by atoms with Crippen molar-refractivity contribution in [3.05, 3.63) is 83.1 Å². The maximum atomic E-state index is 14.9. The van der Waals surface area contributed by atoms with Gasteiger partial charge in [0.2, 0.25) is 0 Å². The van der Waals surface area contributed by atoms with Crippen molar-refractivity contribution in [3.63, 3.8) is 0 Å². The highest BCUT2D eigenvalue weighted by molar-refractivity contribution is 5.78. The second-order valence-corrected chi connectivity index (χ2v) is 6.87. The van der Waals surface area contributed by atoms with Crippen molar-refractivity contribution in [2.45, 2.75) is 20.0 Å². The molecule has 0 spiro atoms. The zero-order valence-corrected chi connectivity index (χ0v) is 16.4. The number of ether oxygens (including phenoxy) is 2. The van der Waals surface area contributed by atoms with Crippen LogP contribution in [0.15, 0.2) is 55.0 Å². The molecule has 148 valence electrons. The van der Waals surface area contributed by atoms with E-state index in [0.29, 0.717) is 36.6 Å². The summed E-state index contributed by atoms with van der Waals surface area (Å²) < 4.78 is 26.2. The van der Waals surface area contributed by atoms with Gasteiger partial charge in [-0.2, -0.15) is 0 Å². The second-order valence-electron chi connectivity index (χ2n) is 6.87. The summed E-state index contributed by atoms with van der Waals surface area (Å²) >= 11 is 0. The van der Waals surface area contributed by atoms with E-state index in [0.717, 1.165) is 28.1 Å². The monoisotopic (exact) mass is 391 g/mol. The van der Waals surface area contributed by atoms with Crippen LogP contribution in [-0.4, -0.2) is 23.6 Å². The number of pyridine rings is 2. The van der Waals surface area contributed by atoms with Crippen molar-refractivity contribution in [2.75, 3.05) is 19.0 Å². The molecule has 1 aromatic carbocycles. The van der Waals surface area contributed by atoms with Crippen molar-refractivity contribution < 1.29 is 13.9 Å². The van der Waals surface area contributed by atoms with E-state index in [2.05, 4.69) is 21.4 Å². The number of nitrogens with one attached hydrogen (secondary N) is 1. The minimum Gasteiger partial charge on any atom is -0.493 e. The number of benzene rings is 1. The molecule has 0 saturated carbocycles. The van der Waals surface area contributed by atoms with Gasteiger partial charge in [0, 0.05) is 43.2 Å². The van der Waals surface area contributed by atoms with Gasteiger partial charge in [0.15, 0.2) is 11.5 Å². The van der Waals surface area contributed by atoms with E-state index < -0.39 is 0 Å². The maximum Gasteiger partial charge on any atom is 0.164 e. The topological polar surface area (TPSA) is 56.3 Å². The number of aromatic nitrogens is 2. The van der Waals surface area contributed by atoms with Gasteiger partial charge in [-0.3, -0.25) is 4.98 Å². The summed E-state index contributed by atoms with van der Waals surface area (Å²) in [6.45, 7) is 2.95. The molecule has 0 atom stereocenters. The summed E-state index contributed by atoms with van der Waals surface area (Å²) in [4.78, 5) is 8.42. The Morgan fingerprint density at radius 3 is 2.86 bits per heavy atom. The van der Waals surface area contributed by atoms with E-state index in [4.69, 9.17) is 9.47 Å². The molecule has 0 radical (unpaired) electrons. The number of aryl methyl sites for hydroxylation is 1. The molecule has 0 unspecified atom stereocenters. The summed E-state index contributed by atoms with van der Waals surface area (Å²) in [5.74, 6) is 1.39. The molecule has 0 bridgehead atoms. The fraction of sp³-hybridized carbons (Fsp3) is 0.217. The van der Waals surface area contributed by atoms with Crippen molar-refractivity contribution >= 4 is 11.4 Å². The van der Waals surface area contributed by atoms with Gasteiger partial charge in [0.1, 0.15) is 18.2 Å². The maximum absolute atomic E-state index is 14.9. The van der Waals surface area contributed by atoms with Gasteiger partial charge >= 0.3 is 0 Å². The number of hydrogen-bond donors (Lipinski definition) is 1. The Morgan fingerprint density at radius 2 is 2.03 bits per heavy atom. The Morgan fingerprint density at radius 1 is 1.14 bits per heavy atom. The minimum absolute atomic E-state index is 0.319. The third-order valence-electron chi connectivity index (χ3n) is 5.00. The number of allylic oxidation sites excluding steroid dienone is 1. The van der Waals surface area contributed by atoms with Gasteiger partial charge < -0.3 is 14.8 Å². The van der Waals surface area contributed by atoms with Crippen LogP contribution in [0.5, 0.6) is 11.5 Å². The molecule has 6 heteroatoms. The van der Waals surface area contributed by atoms with Crippen LogP contribution < -0.4 is 14.8 Å². The number of rotatable bonds is 6. The Labute approximate surface area is 169 Å². The molecule has 1 aliphatic rings. The lowest BCUT2D eigenvalue weighted by Gasteiger charge is -2.19. The highest BCUT2D eigenvalue weighted by Gasteiger charge is 2.17. The second kappa shape index (κ2) is 8.31. The zero-order valence-electron chi connectivity index (χ0n) is 16.4. The molecule has 5 nitrogen and oxygen atoms in total. The van der Waals surface area contributed by atoms with Crippen LogP contribution in [0.4, 0.5) is 10.2 Å². The van der Waals surface area contributed by atoms with E-state index in [-0.39, 0.29) is 5.82 Å². The number of fused-ring (bicyclic) bond motifs is 1. The van der Waals surface area contributed by atoms with Crippen LogP contribution in [0.2, 0.25) is 0 Å². The summed E-state index contributed by atoms with van der Waals surface area (Å²) in [7, 11) is 1.56. The highest BCUT2D eigenvalue weighted by atomic mass is 19.1. The van der Waals surface area contributed by atoms with E-state index >= 15 is 0 Å². The molecule has 1 aliphatic heterocycles. The van der Waals surface area contributed by atoms with Gasteiger partial charge in [-0.15, -0.1) is 0 Å². The van der Waals surface area contributed by atoms with Crippen molar-refractivity contribution in [2.24, 2.45) is 0 Å². The quantitative estimate of drug-likeness (QED) is 0.667. The molecule has 1 N–H and O–H groups in total. The van der Waals surface area contributed by atoms with Gasteiger partial charge in [-0.1, -0.05) is 6.08 Å². The largest absolute Gasteiger partial charge is 0.493 e. The Hall–Kier alpha value is -3.41. The van der Waals surface area contributed by atoms with E-state index in [1.54, 1.807) is 31.8 Å². The molecule has 3 aromatic rings. The van der Waals surface area contributed by atoms with Gasteiger partial charge in [0.05, 0.1) is 7.11 Å². The molecule has 3 heterocycles. The van der Waals surface area contributed by atoms with Crippen LogP contribution in [0.3, 0.4) is 0 Å². The number of halogens is 1. The fourth-order valence-electron chi connectivity index (χ4n) is 3.36. The van der Waals surface area contributed by atoms with E-state index in [1.807, 2.05) is 25.1 Å². The predicted molar refractivity (Wildman–Crippen MR) is 111 cm³/mol. The van der Waals surface area contributed by atoms with Gasteiger partial charge in [-0.25, -0.2) is 9.37 Å². The van der Waals surface area contributed by atoms with Crippen molar-refractivity contribution in [3.8, 4) is 11.5 Å². The average Bonchev–Trinajstić information content (AvgIpc) is 2.75. The molecule has 2 aromatic heterocycles. The predicted octanol–water partition coefficient (Wildman–Crippen LogP) is 4.56. The normalized spacial score (nSPS) is 12.6. The number of nitrogens with zero attached hydrogens (tertiary/aromatic N) is 2. The van der Waals surface area contributed by atoms with Gasteiger partial charge in [0.25, 0.3) is 0 Å². The third kappa shape index (κ3) is 4.06. The van der Waals surface area contributed by atoms with Crippen LogP contribution in [-0.2, 0) is 13.0 Å². The van der Waals surface area contributed by atoms with Crippen LogP contribution >= 0.6 is 0 Å². The molecular weight excluding hydrogens is 369 g/mol. The first kappa shape index (κ1) is 18.9. The third-order valence-corrected chi connectivity index (χ3v) is 5.00. The lowest BCUT2D eigenvalue weighted by Crippen LogP contribution is -2.11. The smallest absolute Gasteiger partial charge is 0.164 e. The highest BCUT2D eigenvalue weighted by Crippen LogP contribution is 2.34. The number of hydrogen-bond acceptors (Lipinski definition) is 5. The summed E-state index contributed by atoms with van der Waals surface area (Å²) in [5.41, 5.74) is 4.60. The molecular formula is C23H22FN3O2. The standard InChI is InChI=1S/C23H22FN3O2/c1-15-13-25-8-5-17(15)14-29-22-12-20(24)18(11-21(22)28-2)10-16-6-9-27-23-19(16)4-3-7-26-23/h3-8,11-13H,9-10,14H2,1-2H3,(H,26,27). The van der Waals surface area contributed by atoms with Crippen molar-refractivity contribution in [1.82, 2.24) is 9.97 Å². The molecule has 29 heavy (non-hydrogen) atoms. The molecule has 0 fully saturated rings. The Bertz CT molecular complexity index is 1070. The van der Waals surface area contributed by atoms with E-state index in [1.165, 1.54) is 6.07 Å². The SMILES string of the molecule is COc1cc(CC2=CCNc3ncccc32)c(F)cc1OCc1ccncc1C. The fourth-order valence-corrected chi connectivity index (χ4v) is 3.36. The summed E-state index contributed by atoms with van der Waals surface area (Å²) in [5, 5.41) is 3.23. The lowest BCUT2D eigenvalue weighted by atomic mass is 9.96. The molecule has 4 rings (SSSR count). The Kier molecular flexibility index (Phi) is 5.42. The summed E-state index contributed by atoms with van der Waals surface area (Å²) in [6, 6.07) is 8.87. The zero-order chi connectivity index (χ0) is 20.2. The minimum atomic E-state index is -0.322. The first-order valence-electron chi connectivity index (χ1n) is 9.42. The molecule has 0 saturated heterocycles. The average molecular weight is 391 g/mol.